The zero-order valence-electron chi connectivity index (χ0n) is 15.4. The first-order valence-corrected chi connectivity index (χ1v) is 10.7. The Morgan fingerprint density at radius 3 is 1.81 bits per heavy atom. The summed E-state index contributed by atoms with van der Waals surface area (Å²) in [6.07, 6.45) is 5.48. The number of allylic oxidation sites excluding steroid dienone is 1. The van der Waals surface area contributed by atoms with Crippen LogP contribution in [0.3, 0.4) is 0 Å². The molecule has 0 aliphatic rings. The van der Waals surface area contributed by atoms with Crippen molar-refractivity contribution in [2.24, 2.45) is 0 Å². The van der Waals surface area contributed by atoms with Gasteiger partial charge in [0.2, 0.25) is 0 Å². The molecule has 136 valence electrons. The van der Waals surface area contributed by atoms with Crippen LogP contribution in [0.25, 0.3) is 0 Å². The molecule has 2 heteroatoms. The molecule has 3 aromatic carbocycles. The maximum atomic E-state index is 10.4. The van der Waals surface area contributed by atoms with E-state index in [2.05, 4.69) is 73.3 Å². The van der Waals surface area contributed by atoms with Gasteiger partial charge in [0.15, 0.2) is 0 Å². The quantitative estimate of drug-likeness (QED) is 0.417. The molecule has 0 bridgehead atoms. The van der Waals surface area contributed by atoms with Crippen LogP contribution in [0.5, 0.6) is 0 Å². The van der Waals surface area contributed by atoms with E-state index in [-0.39, 0.29) is 7.92 Å². The molecule has 3 aromatic rings. The molecule has 1 unspecified atom stereocenters. The van der Waals surface area contributed by atoms with Crippen LogP contribution in [-0.2, 0) is 0 Å². The van der Waals surface area contributed by atoms with Crippen LogP contribution in [0, 0.1) is 0 Å². The van der Waals surface area contributed by atoms with E-state index < -0.39 is 6.10 Å². The Morgan fingerprint density at radius 2 is 1.30 bits per heavy atom. The van der Waals surface area contributed by atoms with E-state index >= 15 is 0 Å². The molecule has 0 amide bonds. The Hall–Kier alpha value is -2.47. The molecule has 3 rings (SSSR count). The van der Waals surface area contributed by atoms with Crippen LogP contribution < -0.4 is 10.6 Å². The molecule has 0 heterocycles. The predicted molar refractivity (Wildman–Crippen MR) is 118 cm³/mol. The summed E-state index contributed by atoms with van der Waals surface area (Å²) in [6.45, 7) is 4.03. The molecular weight excluding hydrogens is 347 g/mol. The largest absolute Gasteiger partial charge is 0.384 e. The average Bonchev–Trinajstić information content (AvgIpc) is 2.75. The van der Waals surface area contributed by atoms with Gasteiger partial charge in [-0.1, -0.05) is 110 Å². The minimum Gasteiger partial charge on any atom is -0.384 e. The summed E-state index contributed by atoms with van der Waals surface area (Å²) in [5.74, 6) is 0. The number of benzene rings is 3. The van der Waals surface area contributed by atoms with Crippen LogP contribution in [0.4, 0.5) is 0 Å². The normalized spacial score (nSPS) is 12.4. The van der Waals surface area contributed by atoms with Gasteiger partial charge in [-0.25, -0.2) is 0 Å². The Morgan fingerprint density at radius 1 is 0.815 bits per heavy atom. The van der Waals surface area contributed by atoms with Crippen molar-refractivity contribution >= 4 is 18.5 Å². The Bertz CT molecular complexity index is 817. The molecule has 0 aliphatic carbocycles. The lowest BCUT2D eigenvalue weighted by Gasteiger charge is -2.18. The first kappa shape index (κ1) is 19.3. The minimum atomic E-state index is -0.646. The summed E-state index contributed by atoms with van der Waals surface area (Å²) < 4.78 is 0. The van der Waals surface area contributed by atoms with Gasteiger partial charge in [0.25, 0.3) is 0 Å². The summed E-state index contributed by atoms with van der Waals surface area (Å²) in [6, 6.07) is 31.1. The molecular formula is C25H25OP. The maximum absolute atomic E-state index is 10.4. The van der Waals surface area contributed by atoms with Crippen LogP contribution in [0.2, 0.25) is 0 Å². The first-order chi connectivity index (χ1) is 13.3. The number of hydrogen-bond donors (Lipinski definition) is 1. The third kappa shape index (κ3) is 5.50. The van der Waals surface area contributed by atoms with Gasteiger partial charge in [0.1, 0.15) is 6.10 Å². The van der Waals surface area contributed by atoms with E-state index in [9.17, 15) is 5.11 Å². The summed E-state index contributed by atoms with van der Waals surface area (Å²) in [4.78, 5) is 0. The van der Waals surface area contributed by atoms with Gasteiger partial charge in [0.05, 0.1) is 0 Å². The highest BCUT2D eigenvalue weighted by atomic mass is 31.1. The average molecular weight is 372 g/mol. The molecule has 0 spiro atoms. The highest BCUT2D eigenvalue weighted by Crippen LogP contribution is 2.34. The second-order valence-electron chi connectivity index (χ2n) is 6.40. The van der Waals surface area contributed by atoms with Crippen molar-refractivity contribution < 1.29 is 5.11 Å². The highest BCUT2D eigenvalue weighted by Gasteiger charge is 2.12. The van der Waals surface area contributed by atoms with E-state index in [1.54, 1.807) is 0 Å². The number of rotatable bonds is 8. The topological polar surface area (TPSA) is 20.2 Å². The zero-order valence-corrected chi connectivity index (χ0v) is 16.3. The molecule has 0 saturated carbocycles. The monoisotopic (exact) mass is 372 g/mol. The molecule has 0 radical (unpaired) electrons. The second kappa shape index (κ2) is 10.0. The van der Waals surface area contributed by atoms with E-state index in [4.69, 9.17) is 0 Å². The van der Waals surface area contributed by atoms with E-state index in [1.165, 1.54) is 10.6 Å². The van der Waals surface area contributed by atoms with Crippen molar-refractivity contribution in [3.05, 3.63) is 121 Å². The van der Waals surface area contributed by atoms with Gasteiger partial charge in [-0.3, -0.25) is 0 Å². The Balaban J connectivity index is 1.64. The molecule has 27 heavy (non-hydrogen) atoms. The standard InChI is InChI=1S/C25H25OP/c1-21(25(26)22-14-5-2-6-15-22)13-11-12-20-27(23-16-7-3-8-17-23)24-18-9-4-10-19-24/h2-11,13-19,25-26H,1,12,20H2/b13-11+. The molecule has 1 atom stereocenters. The van der Waals surface area contributed by atoms with Gasteiger partial charge in [-0.15, -0.1) is 0 Å². The van der Waals surface area contributed by atoms with Crippen molar-refractivity contribution in [3.63, 3.8) is 0 Å². The molecule has 0 saturated heterocycles. The van der Waals surface area contributed by atoms with Crippen LogP contribution in [0.15, 0.2) is 115 Å². The molecule has 0 aliphatic heterocycles. The van der Waals surface area contributed by atoms with Crippen LogP contribution in [-0.4, -0.2) is 11.3 Å². The fourth-order valence-corrected chi connectivity index (χ4v) is 5.29. The first-order valence-electron chi connectivity index (χ1n) is 9.21. The summed E-state index contributed by atoms with van der Waals surface area (Å²) in [7, 11) is -0.384. The summed E-state index contributed by atoms with van der Waals surface area (Å²) in [5, 5.41) is 13.2. The smallest absolute Gasteiger partial charge is 0.103 e. The van der Waals surface area contributed by atoms with Gasteiger partial charge in [0, 0.05) is 0 Å². The van der Waals surface area contributed by atoms with Crippen LogP contribution in [0.1, 0.15) is 18.1 Å². The lowest BCUT2D eigenvalue weighted by atomic mass is 10.0. The third-order valence-corrected chi connectivity index (χ3v) is 7.00. The predicted octanol–water partition coefficient (Wildman–Crippen LogP) is 5.36. The van der Waals surface area contributed by atoms with Crippen molar-refractivity contribution in [1.82, 2.24) is 0 Å². The third-order valence-electron chi connectivity index (χ3n) is 4.45. The fraction of sp³-hybridized carbons (Fsp3) is 0.120. The lowest BCUT2D eigenvalue weighted by Crippen LogP contribution is -2.13. The minimum absolute atomic E-state index is 0.384. The molecule has 1 nitrogen and oxygen atoms in total. The number of aliphatic hydroxyl groups is 1. The van der Waals surface area contributed by atoms with Gasteiger partial charge in [-0.2, -0.15) is 0 Å². The maximum Gasteiger partial charge on any atom is 0.103 e. The summed E-state index contributed by atoms with van der Waals surface area (Å²) in [5.41, 5.74) is 1.60. The van der Waals surface area contributed by atoms with Gasteiger partial charge >= 0.3 is 0 Å². The SMILES string of the molecule is C=C(/C=C/CCP(c1ccccc1)c1ccccc1)C(O)c1ccccc1. The van der Waals surface area contributed by atoms with Gasteiger partial charge in [-0.05, 0) is 42.2 Å². The van der Waals surface area contributed by atoms with E-state index in [0.717, 1.165) is 23.7 Å². The van der Waals surface area contributed by atoms with E-state index in [0.29, 0.717) is 0 Å². The van der Waals surface area contributed by atoms with Gasteiger partial charge < -0.3 is 5.11 Å². The highest BCUT2D eigenvalue weighted by molar-refractivity contribution is 7.73. The number of hydrogen-bond acceptors (Lipinski definition) is 1. The van der Waals surface area contributed by atoms with Crippen molar-refractivity contribution in [2.75, 3.05) is 6.16 Å². The molecule has 1 N–H and O–H groups in total. The summed E-state index contributed by atoms with van der Waals surface area (Å²) >= 11 is 0. The van der Waals surface area contributed by atoms with E-state index in [1.807, 2.05) is 36.4 Å². The van der Waals surface area contributed by atoms with Crippen molar-refractivity contribution in [1.29, 1.82) is 0 Å². The van der Waals surface area contributed by atoms with Crippen LogP contribution >= 0.6 is 7.92 Å². The molecule has 0 fully saturated rings. The van der Waals surface area contributed by atoms with Crippen molar-refractivity contribution in [2.45, 2.75) is 12.5 Å². The second-order valence-corrected chi connectivity index (χ2v) is 8.74. The molecule has 0 aromatic heterocycles. The van der Waals surface area contributed by atoms with Crippen molar-refractivity contribution in [3.8, 4) is 0 Å². The lowest BCUT2D eigenvalue weighted by molar-refractivity contribution is 0.220. The Labute approximate surface area is 163 Å². The Kier molecular flexibility index (Phi) is 7.16. The fourth-order valence-electron chi connectivity index (χ4n) is 3.00. The zero-order chi connectivity index (χ0) is 18.9. The number of aliphatic hydroxyl groups excluding tert-OH is 1.